The quantitative estimate of drug-likeness (QED) is 0.549. The highest BCUT2D eigenvalue weighted by Crippen LogP contribution is 2.57. The van der Waals surface area contributed by atoms with Gasteiger partial charge in [-0.05, 0) is 36.5 Å². The Kier molecular flexibility index (Phi) is 6.00. The van der Waals surface area contributed by atoms with Gasteiger partial charge in [-0.2, -0.15) is 0 Å². The van der Waals surface area contributed by atoms with Crippen LogP contribution in [0.1, 0.15) is 39.2 Å². The van der Waals surface area contributed by atoms with Gasteiger partial charge in [-0.3, -0.25) is 0 Å². The summed E-state index contributed by atoms with van der Waals surface area (Å²) in [5.41, 5.74) is 0.649. The standard InChI is InChI=1S/C23H34O8/c1-22(2)16-11-29-14-6-5-12(28-4)9-13(14)23(16,3)8-7-17(22)31-21-20(27)19(26)18(25)15(10-24)30-21/h5-6,9,15-21,24-27H,7-8,10-11H2,1-4H3/t15-,16+,17-,18-,19+,20+,21-,23+/m0/s1. The first-order valence-electron chi connectivity index (χ1n) is 10.9. The van der Waals surface area contributed by atoms with Gasteiger partial charge in [-0.15, -0.1) is 0 Å². The van der Waals surface area contributed by atoms with Gasteiger partial charge < -0.3 is 39.4 Å². The molecule has 3 aliphatic rings. The highest BCUT2D eigenvalue weighted by Gasteiger charge is 2.57. The second-order valence-electron chi connectivity index (χ2n) is 9.83. The fourth-order valence-corrected chi connectivity index (χ4v) is 5.71. The first kappa shape index (κ1) is 22.8. The normalized spacial score (nSPS) is 41.6. The minimum absolute atomic E-state index is 0.128. The molecule has 2 aliphatic heterocycles. The summed E-state index contributed by atoms with van der Waals surface area (Å²) < 4.78 is 23.4. The monoisotopic (exact) mass is 438 g/mol. The number of methoxy groups -OCH3 is 1. The summed E-state index contributed by atoms with van der Waals surface area (Å²) in [6, 6.07) is 5.91. The Morgan fingerprint density at radius 2 is 1.84 bits per heavy atom. The lowest BCUT2D eigenvalue weighted by atomic mass is 9.52. The van der Waals surface area contributed by atoms with Gasteiger partial charge in [0.15, 0.2) is 6.29 Å². The summed E-state index contributed by atoms with van der Waals surface area (Å²) >= 11 is 0. The zero-order valence-corrected chi connectivity index (χ0v) is 18.5. The number of benzene rings is 1. The highest BCUT2D eigenvalue weighted by atomic mass is 16.7. The molecular formula is C23H34O8. The van der Waals surface area contributed by atoms with E-state index in [2.05, 4.69) is 26.8 Å². The molecule has 1 aromatic carbocycles. The van der Waals surface area contributed by atoms with Crippen LogP contribution in [-0.2, 0) is 14.9 Å². The van der Waals surface area contributed by atoms with E-state index in [4.69, 9.17) is 18.9 Å². The summed E-state index contributed by atoms with van der Waals surface area (Å²) in [5.74, 6) is 1.80. The van der Waals surface area contributed by atoms with Crippen molar-refractivity contribution in [2.24, 2.45) is 11.3 Å². The van der Waals surface area contributed by atoms with Crippen LogP contribution in [-0.4, -0.2) is 77.6 Å². The van der Waals surface area contributed by atoms with Crippen molar-refractivity contribution in [3.8, 4) is 11.5 Å². The van der Waals surface area contributed by atoms with Crippen LogP contribution in [0, 0.1) is 11.3 Å². The smallest absolute Gasteiger partial charge is 0.186 e. The Hall–Kier alpha value is -1.42. The average Bonchev–Trinajstić information content (AvgIpc) is 2.75. The molecule has 1 saturated heterocycles. The maximum absolute atomic E-state index is 10.4. The van der Waals surface area contributed by atoms with Gasteiger partial charge in [-0.1, -0.05) is 20.8 Å². The lowest BCUT2D eigenvalue weighted by molar-refractivity contribution is -0.325. The molecule has 4 N–H and O–H groups in total. The molecule has 1 aliphatic carbocycles. The van der Waals surface area contributed by atoms with Crippen LogP contribution in [0.3, 0.4) is 0 Å². The van der Waals surface area contributed by atoms with E-state index in [9.17, 15) is 20.4 Å². The van der Waals surface area contributed by atoms with Crippen LogP contribution in [0.15, 0.2) is 18.2 Å². The Bertz CT molecular complexity index is 796. The Morgan fingerprint density at radius 3 is 2.52 bits per heavy atom. The summed E-state index contributed by atoms with van der Waals surface area (Å²) in [7, 11) is 1.65. The maximum Gasteiger partial charge on any atom is 0.186 e. The van der Waals surface area contributed by atoms with E-state index >= 15 is 0 Å². The third kappa shape index (κ3) is 3.63. The van der Waals surface area contributed by atoms with Gasteiger partial charge in [-0.25, -0.2) is 0 Å². The minimum Gasteiger partial charge on any atom is -0.497 e. The third-order valence-corrected chi connectivity index (χ3v) is 7.78. The van der Waals surface area contributed by atoms with Crippen molar-refractivity contribution < 1.29 is 39.4 Å². The van der Waals surface area contributed by atoms with Gasteiger partial charge in [0, 0.05) is 16.9 Å². The van der Waals surface area contributed by atoms with E-state index in [-0.39, 0.29) is 22.9 Å². The van der Waals surface area contributed by atoms with Crippen molar-refractivity contribution in [1.82, 2.24) is 0 Å². The van der Waals surface area contributed by atoms with E-state index < -0.39 is 37.3 Å². The molecule has 2 fully saturated rings. The summed E-state index contributed by atoms with van der Waals surface area (Å²) in [5, 5.41) is 40.0. The predicted octanol–water partition coefficient (Wildman–Crippen LogP) is 0.967. The van der Waals surface area contributed by atoms with Gasteiger partial charge in [0.2, 0.25) is 0 Å². The van der Waals surface area contributed by atoms with Gasteiger partial charge in [0.25, 0.3) is 0 Å². The fraction of sp³-hybridized carbons (Fsp3) is 0.739. The summed E-state index contributed by atoms with van der Waals surface area (Å²) in [6.45, 7) is 6.56. The van der Waals surface area contributed by atoms with Crippen LogP contribution in [0.2, 0.25) is 0 Å². The number of hydrogen-bond acceptors (Lipinski definition) is 8. The zero-order valence-electron chi connectivity index (χ0n) is 18.5. The molecular weight excluding hydrogens is 404 g/mol. The first-order valence-corrected chi connectivity index (χ1v) is 10.9. The molecule has 0 spiro atoms. The Morgan fingerprint density at radius 1 is 1.10 bits per heavy atom. The van der Waals surface area contributed by atoms with Crippen LogP contribution >= 0.6 is 0 Å². The number of aliphatic hydroxyl groups excluding tert-OH is 4. The number of hydrogen-bond donors (Lipinski definition) is 4. The number of fused-ring (bicyclic) bond motifs is 3. The molecule has 0 aromatic heterocycles. The van der Waals surface area contributed by atoms with Crippen LogP contribution in [0.4, 0.5) is 0 Å². The van der Waals surface area contributed by atoms with Crippen molar-refractivity contribution >= 4 is 0 Å². The Labute approximate surface area is 182 Å². The topological polar surface area (TPSA) is 118 Å². The fourth-order valence-electron chi connectivity index (χ4n) is 5.71. The maximum atomic E-state index is 10.4. The molecule has 0 amide bonds. The van der Waals surface area contributed by atoms with Crippen molar-refractivity contribution in [2.45, 2.75) is 75.8 Å². The van der Waals surface area contributed by atoms with Gasteiger partial charge >= 0.3 is 0 Å². The molecule has 0 bridgehead atoms. The molecule has 31 heavy (non-hydrogen) atoms. The lowest BCUT2D eigenvalue weighted by Gasteiger charge is -2.57. The first-order chi connectivity index (χ1) is 14.6. The molecule has 2 heterocycles. The molecule has 8 atom stereocenters. The average molecular weight is 439 g/mol. The second-order valence-corrected chi connectivity index (χ2v) is 9.83. The number of aliphatic hydroxyl groups is 4. The van der Waals surface area contributed by atoms with Crippen molar-refractivity contribution in [2.75, 3.05) is 20.3 Å². The molecule has 1 aromatic rings. The largest absolute Gasteiger partial charge is 0.497 e. The third-order valence-electron chi connectivity index (χ3n) is 7.78. The van der Waals surface area contributed by atoms with Crippen LogP contribution in [0.5, 0.6) is 11.5 Å². The molecule has 1 saturated carbocycles. The van der Waals surface area contributed by atoms with Crippen LogP contribution < -0.4 is 9.47 Å². The van der Waals surface area contributed by atoms with E-state index in [1.807, 2.05) is 12.1 Å². The molecule has 8 heteroatoms. The zero-order chi connectivity index (χ0) is 22.6. The van der Waals surface area contributed by atoms with Crippen molar-refractivity contribution in [3.63, 3.8) is 0 Å². The van der Waals surface area contributed by atoms with Gasteiger partial charge in [0.1, 0.15) is 35.9 Å². The summed E-state index contributed by atoms with van der Waals surface area (Å²) in [4.78, 5) is 0. The second kappa shape index (κ2) is 8.17. The van der Waals surface area contributed by atoms with E-state index in [0.717, 1.165) is 23.5 Å². The molecule has 0 radical (unpaired) electrons. The molecule has 174 valence electrons. The van der Waals surface area contributed by atoms with E-state index in [1.54, 1.807) is 7.11 Å². The minimum atomic E-state index is -1.45. The summed E-state index contributed by atoms with van der Waals surface area (Å²) in [6.07, 6.45) is -5.11. The Balaban J connectivity index is 1.58. The van der Waals surface area contributed by atoms with Crippen LogP contribution in [0.25, 0.3) is 0 Å². The highest BCUT2D eigenvalue weighted by molar-refractivity contribution is 5.47. The predicted molar refractivity (Wildman–Crippen MR) is 111 cm³/mol. The SMILES string of the molecule is COc1ccc2c(c1)[C@@]1(C)CC[C@H](O[C@@H]3O[C@@H](CO)[C@H](O)[C@@H](O)[C@H]3O)C(C)(C)[C@H]1CO2. The van der Waals surface area contributed by atoms with E-state index in [0.29, 0.717) is 13.0 Å². The number of rotatable bonds is 4. The van der Waals surface area contributed by atoms with E-state index in [1.165, 1.54) is 0 Å². The van der Waals surface area contributed by atoms with Crippen molar-refractivity contribution in [1.29, 1.82) is 0 Å². The van der Waals surface area contributed by atoms with Crippen molar-refractivity contribution in [3.05, 3.63) is 23.8 Å². The number of ether oxygens (including phenoxy) is 4. The molecule has 8 nitrogen and oxygen atoms in total. The molecule has 0 unspecified atom stereocenters. The van der Waals surface area contributed by atoms with Gasteiger partial charge in [0.05, 0.1) is 26.4 Å². The molecule has 4 rings (SSSR count). The lowest BCUT2D eigenvalue weighted by Crippen LogP contribution is -2.62.